The third-order valence-electron chi connectivity index (χ3n) is 5.98. The molecule has 2 N–H and O–H groups in total. The Morgan fingerprint density at radius 2 is 2.15 bits per heavy atom. The fraction of sp³-hybridized carbons (Fsp3) is 0.304. The van der Waals surface area contributed by atoms with Crippen LogP contribution in [0.2, 0.25) is 0 Å². The number of pyridine rings is 1. The Hall–Kier alpha value is -4.26. The number of hydrogen-bond donors (Lipinski definition) is 2. The number of nitrogens with one attached hydrogen (secondary N) is 2. The van der Waals surface area contributed by atoms with Crippen molar-refractivity contribution in [2.24, 2.45) is 0 Å². The molecule has 0 spiro atoms. The highest BCUT2D eigenvalue weighted by Crippen LogP contribution is 2.30. The lowest BCUT2D eigenvalue weighted by atomic mass is 10.1. The van der Waals surface area contributed by atoms with Gasteiger partial charge in [-0.15, -0.1) is 0 Å². The number of carbonyl (C=O) groups is 2. The van der Waals surface area contributed by atoms with E-state index in [2.05, 4.69) is 25.5 Å². The molecule has 0 radical (unpaired) electrons. The second kappa shape index (κ2) is 8.70. The molecule has 4 aromatic heterocycles. The smallest absolute Gasteiger partial charge is 0.242 e. The summed E-state index contributed by atoms with van der Waals surface area (Å²) in [6.45, 7) is 0.951. The van der Waals surface area contributed by atoms with Crippen LogP contribution in [0.15, 0.2) is 42.9 Å². The second-order valence-electron chi connectivity index (χ2n) is 7.99. The molecule has 1 atom stereocenters. The summed E-state index contributed by atoms with van der Waals surface area (Å²) >= 11 is 0. The van der Waals surface area contributed by atoms with Crippen molar-refractivity contribution >= 4 is 28.4 Å². The summed E-state index contributed by atoms with van der Waals surface area (Å²) in [5.74, 6) is -0.458. The lowest BCUT2D eigenvalue weighted by Crippen LogP contribution is -2.46. The lowest BCUT2D eigenvalue weighted by molar-refractivity contribution is -0.137. The van der Waals surface area contributed by atoms with E-state index in [1.54, 1.807) is 23.2 Å². The van der Waals surface area contributed by atoms with E-state index in [-0.39, 0.29) is 18.2 Å². The van der Waals surface area contributed by atoms with Crippen molar-refractivity contribution in [1.82, 2.24) is 35.0 Å². The van der Waals surface area contributed by atoms with Crippen LogP contribution in [0.5, 0.6) is 0 Å². The molecule has 33 heavy (non-hydrogen) atoms. The van der Waals surface area contributed by atoms with Gasteiger partial charge in [0.25, 0.3) is 0 Å². The number of nitriles is 1. The molecule has 0 unspecified atom stereocenters. The van der Waals surface area contributed by atoms with Gasteiger partial charge in [-0.05, 0) is 42.7 Å². The van der Waals surface area contributed by atoms with E-state index in [9.17, 15) is 9.59 Å². The van der Waals surface area contributed by atoms with Crippen LogP contribution in [0.4, 0.5) is 0 Å². The van der Waals surface area contributed by atoms with E-state index in [4.69, 9.17) is 5.26 Å². The molecule has 4 aromatic rings. The first-order chi connectivity index (χ1) is 16.2. The largest absolute Gasteiger partial charge is 0.354 e. The zero-order valence-electron chi connectivity index (χ0n) is 17.9. The molecule has 0 saturated carbocycles. The number of hydrogen-bond acceptors (Lipinski definition) is 6. The van der Waals surface area contributed by atoms with Gasteiger partial charge in [-0.3, -0.25) is 9.59 Å². The van der Waals surface area contributed by atoms with Gasteiger partial charge in [0.2, 0.25) is 11.8 Å². The minimum Gasteiger partial charge on any atom is -0.354 e. The van der Waals surface area contributed by atoms with E-state index in [0.717, 1.165) is 39.8 Å². The normalized spacial score (nSPS) is 15.7. The van der Waals surface area contributed by atoms with E-state index >= 15 is 0 Å². The van der Waals surface area contributed by atoms with Gasteiger partial charge in [0.05, 0.1) is 17.8 Å². The monoisotopic (exact) mass is 442 g/mol. The Morgan fingerprint density at radius 1 is 1.24 bits per heavy atom. The molecule has 5 rings (SSSR count). The van der Waals surface area contributed by atoms with Gasteiger partial charge < -0.3 is 15.2 Å². The summed E-state index contributed by atoms with van der Waals surface area (Å²) in [5, 5.41) is 21.2. The second-order valence-corrected chi connectivity index (χ2v) is 7.99. The maximum absolute atomic E-state index is 12.6. The molecule has 2 amide bonds. The maximum atomic E-state index is 12.6. The fourth-order valence-electron chi connectivity index (χ4n) is 4.44. The molecule has 0 bridgehead atoms. The van der Waals surface area contributed by atoms with Crippen molar-refractivity contribution in [2.45, 2.75) is 31.7 Å². The molecular weight excluding hydrogens is 420 g/mol. The van der Waals surface area contributed by atoms with Gasteiger partial charge >= 0.3 is 0 Å². The Kier molecular flexibility index (Phi) is 5.44. The van der Waals surface area contributed by atoms with Crippen molar-refractivity contribution in [3.8, 4) is 17.2 Å². The molecule has 1 saturated heterocycles. The predicted octanol–water partition coefficient (Wildman–Crippen LogP) is 1.84. The zero-order valence-corrected chi connectivity index (χ0v) is 17.9. The number of amides is 2. The van der Waals surface area contributed by atoms with Crippen LogP contribution in [0.1, 0.15) is 25.0 Å². The predicted molar refractivity (Wildman–Crippen MR) is 120 cm³/mol. The molecule has 10 nitrogen and oxygen atoms in total. The van der Waals surface area contributed by atoms with E-state index in [0.29, 0.717) is 25.9 Å². The summed E-state index contributed by atoms with van der Waals surface area (Å²) < 4.78 is 1.60. The van der Waals surface area contributed by atoms with Crippen molar-refractivity contribution < 1.29 is 9.59 Å². The van der Waals surface area contributed by atoms with Crippen molar-refractivity contribution in [1.29, 1.82) is 5.26 Å². The molecular formula is C23H22N8O2. The zero-order chi connectivity index (χ0) is 22.8. The van der Waals surface area contributed by atoms with Gasteiger partial charge in [0.15, 0.2) is 0 Å². The molecule has 1 aliphatic rings. The number of aromatic amines is 1. The molecule has 0 aromatic carbocycles. The Morgan fingerprint density at radius 3 is 3.03 bits per heavy atom. The highest BCUT2D eigenvalue weighted by Gasteiger charge is 2.33. The van der Waals surface area contributed by atoms with Crippen LogP contribution in [-0.2, 0) is 16.0 Å². The number of carbonyl (C=O) groups excluding carboxylic acids is 2. The highest BCUT2D eigenvalue weighted by atomic mass is 16.2. The first kappa shape index (κ1) is 20.6. The summed E-state index contributed by atoms with van der Waals surface area (Å²) in [6.07, 6.45) is 7.03. The van der Waals surface area contributed by atoms with Gasteiger partial charge in [0, 0.05) is 48.5 Å². The Balaban J connectivity index is 1.29. The minimum atomic E-state index is -0.494. The quantitative estimate of drug-likeness (QED) is 0.468. The van der Waals surface area contributed by atoms with Crippen LogP contribution >= 0.6 is 0 Å². The number of nitrogens with zero attached hydrogens (tertiary/aromatic N) is 6. The lowest BCUT2D eigenvalue weighted by Gasteiger charge is -2.23. The van der Waals surface area contributed by atoms with Crippen LogP contribution in [0, 0.1) is 11.3 Å². The molecule has 1 aliphatic heterocycles. The summed E-state index contributed by atoms with van der Waals surface area (Å²) in [6, 6.07) is 9.22. The maximum Gasteiger partial charge on any atom is 0.242 e. The van der Waals surface area contributed by atoms with Gasteiger partial charge in [-0.1, -0.05) is 0 Å². The van der Waals surface area contributed by atoms with Crippen molar-refractivity contribution in [2.75, 3.05) is 13.1 Å². The Bertz CT molecular complexity index is 1380. The van der Waals surface area contributed by atoms with Crippen LogP contribution in [0.3, 0.4) is 0 Å². The molecule has 10 heteroatoms. The van der Waals surface area contributed by atoms with Crippen molar-refractivity contribution in [3.05, 3.63) is 48.5 Å². The first-order valence-electron chi connectivity index (χ1n) is 10.9. The Labute approximate surface area is 189 Å². The number of aromatic nitrogens is 5. The van der Waals surface area contributed by atoms with Crippen molar-refractivity contribution in [3.63, 3.8) is 0 Å². The van der Waals surface area contributed by atoms with Gasteiger partial charge in [-0.25, -0.2) is 4.98 Å². The third kappa shape index (κ3) is 3.89. The molecule has 1 fully saturated rings. The molecule has 5 heterocycles. The molecule has 166 valence electrons. The van der Waals surface area contributed by atoms with Crippen LogP contribution in [0.25, 0.3) is 27.7 Å². The fourth-order valence-corrected chi connectivity index (χ4v) is 4.44. The summed E-state index contributed by atoms with van der Waals surface area (Å²) in [5.41, 5.74) is 4.60. The third-order valence-corrected chi connectivity index (χ3v) is 5.98. The number of likely N-dealkylation sites (tertiary alicyclic amines) is 1. The van der Waals surface area contributed by atoms with Crippen LogP contribution in [-0.4, -0.2) is 60.6 Å². The van der Waals surface area contributed by atoms with Gasteiger partial charge in [-0.2, -0.15) is 20.1 Å². The van der Waals surface area contributed by atoms with Crippen LogP contribution < -0.4 is 5.32 Å². The minimum absolute atomic E-state index is 0.174. The SMILES string of the molecule is N#CCC(=O)N1CCC[C@H]1C(=O)NCCc1cc2c(-c3cnn4ncccc34)ccnc2[nH]1. The first-order valence-corrected chi connectivity index (χ1v) is 10.9. The highest BCUT2D eigenvalue weighted by molar-refractivity contribution is 5.97. The number of rotatable bonds is 6. The average Bonchev–Trinajstić information content (AvgIpc) is 3.56. The topological polar surface area (TPSA) is 132 Å². The van der Waals surface area contributed by atoms with E-state index < -0.39 is 6.04 Å². The number of fused-ring (bicyclic) bond motifs is 2. The summed E-state index contributed by atoms with van der Waals surface area (Å²) in [7, 11) is 0. The molecule has 0 aliphatic carbocycles. The standard InChI is InChI=1S/C23H22N8O2/c24-8-5-21(32)30-12-2-4-20(30)23(33)26-10-6-15-13-17-16(7-11-25-22(17)29-15)18-14-28-31-19(18)3-1-9-27-31/h1,3,7,9,11,13-14,20H,2,4-6,10,12H2,(H,25,29)(H,26,33)/t20-/m0/s1. The average molecular weight is 442 g/mol. The van der Waals surface area contributed by atoms with E-state index in [1.165, 1.54) is 4.90 Å². The number of H-pyrrole nitrogens is 1. The van der Waals surface area contributed by atoms with Gasteiger partial charge in [0.1, 0.15) is 18.1 Å². The summed E-state index contributed by atoms with van der Waals surface area (Å²) in [4.78, 5) is 34.0. The van der Waals surface area contributed by atoms with E-state index in [1.807, 2.05) is 30.3 Å².